The molecule has 3 N–H and O–H groups in total. The van der Waals surface area contributed by atoms with E-state index in [1.54, 1.807) is 0 Å². The molecule has 7 nitrogen and oxygen atoms in total. The number of nitrogens with zero attached hydrogens (tertiary/aromatic N) is 4. The van der Waals surface area contributed by atoms with E-state index >= 15 is 0 Å². The van der Waals surface area contributed by atoms with Crippen LogP contribution in [0, 0.1) is 5.92 Å². The average Bonchev–Trinajstić information content (AvgIpc) is 2.91. The van der Waals surface area contributed by atoms with Gasteiger partial charge in [-0.3, -0.25) is 0 Å². The summed E-state index contributed by atoms with van der Waals surface area (Å²) < 4.78 is 5.57. The number of piperidine rings is 1. The third-order valence-electron chi connectivity index (χ3n) is 4.34. The number of nitrogen functional groups attached to an aromatic ring is 1. The van der Waals surface area contributed by atoms with Crippen LogP contribution in [-0.4, -0.2) is 47.3 Å². The van der Waals surface area contributed by atoms with Crippen molar-refractivity contribution in [3.63, 3.8) is 0 Å². The lowest BCUT2D eigenvalue weighted by molar-refractivity contribution is 0.108. The maximum atomic E-state index is 5.82. The molecule has 2 atom stereocenters. The molecule has 2 unspecified atom stereocenters. The summed E-state index contributed by atoms with van der Waals surface area (Å²) in [6, 6.07) is 0. The summed E-state index contributed by atoms with van der Waals surface area (Å²) in [4.78, 5) is 15.2. The molecule has 0 aliphatic carbocycles. The van der Waals surface area contributed by atoms with Gasteiger partial charge in [-0.15, -0.1) is 0 Å². The summed E-state index contributed by atoms with van der Waals surface area (Å²) in [7, 11) is 0. The lowest BCUT2D eigenvalue weighted by Gasteiger charge is -2.26. The molecule has 0 bridgehead atoms. The first-order valence-corrected chi connectivity index (χ1v) is 7.84. The zero-order chi connectivity index (χ0) is 14.7. The third-order valence-corrected chi connectivity index (χ3v) is 4.34. The Labute approximate surface area is 125 Å². The molecular weight excluding hydrogens is 268 g/mol. The monoisotopic (exact) mass is 292 g/mol. The van der Waals surface area contributed by atoms with E-state index in [2.05, 4.69) is 32.1 Å². The Morgan fingerprint density at radius 3 is 2.76 bits per heavy atom. The van der Waals surface area contributed by atoms with Crippen molar-refractivity contribution in [2.45, 2.75) is 38.7 Å². The smallest absolute Gasteiger partial charge is 0.231 e. The van der Waals surface area contributed by atoms with Crippen LogP contribution < -0.4 is 16.0 Å². The first-order chi connectivity index (χ1) is 10.2. The number of ether oxygens (including phenoxy) is 1. The second-order valence-corrected chi connectivity index (χ2v) is 5.87. The van der Waals surface area contributed by atoms with E-state index in [0.29, 0.717) is 23.9 Å². The summed E-state index contributed by atoms with van der Waals surface area (Å²) in [5, 5.41) is 3.29. The average molecular weight is 292 g/mol. The molecule has 2 fully saturated rings. The normalized spacial score (nSPS) is 26.0. The van der Waals surface area contributed by atoms with Crippen LogP contribution in [0.1, 0.15) is 32.6 Å². The van der Waals surface area contributed by atoms with E-state index < -0.39 is 0 Å². The Kier molecular flexibility index (Phi) is 4.38. The molecule has 0 amide bonds. The van der Waals surface area contributed by atoms with Crippen molar-refractivity contribution in [2.24, 2.45) is 5.92 Å². The van der Waals surface area contributed by atoms with Crippen molar-refractivity contribution in [1.29, 1.82) is 0 Å². The van der Waals surface area contributed by atoms with E-state index in [9.17, 15) is 0 Å². The predicted octanol–water partition coefficient (Wildman–Crippen LogP) is 1.28. The SMILES string of the molecule is CC1OCCC1CNc1nc(N)nc(N2CCCCC2)n1. The largest absolute Gasteiger partial charge is 0.378 e. The van der Waals surface area contributed by atoms with Gasteiger partial charge < -0.3 is 20.7 Å². The quantitative estimate of drug-likeness (QED) is 0.864. The van der Waals surface area contributed by atoms with Crippen molar-refractivity contribution in [3.8, 4) is 0 Å². The van der Waals surface area contributed by atoms with Gasteiger partial charge in [0.1, 0.15) is 0 Å². The fourth-order valence-electron chi connectivity index (χ4n) is 2.96. The van der Waals surface area contributed by atoms with Crippen molar-refractivity contribution in [3.05, 3.63) is 0 Å². The fraction of sp³-hybridized carbons (Fsp3) is 0.786. The zero-order valence-electron chi connectivity index (χ0n) is 12.6. The molecule has 3 heterocycles. The predicted molar refractivity (Wildman–Crippen MR) is 82.3 cm³/mol. The Morgan fingerprint density at radius 2 is 2.05 bits per heavy atom. The number of nitrogens with two attached hydrogens (primary N) is 1. The standard InChI is InChI=1S/C14H24N6O/c1-10-11(5-8-21-10)9-16-13-17-12(15)18-14(19-13)20-6-3-2-4-7-20/h10-11H,2-9H2,1H3,(H3,15,16,17,18,19). The van der Waals surface area contributed by atoms with Crippen molar-refractivity contribution in [1.82, 2.24) is 15.0 Å². The summed E-state index contributed by atoms with van der Waals surface area (Å²) in [6.07, 6.45) is 5.02. The van der Waals surface area contributed by atoms with Gasteiger partial charge in [0.05, 0.1) is 6.10 Å². The number of nitrogens with one attached hydrogen (secondary N) is 1. The van der Waals surface area contributed by atoms with Crippen LogP contribution in [0.3, 0.4) is 0 Å². The summed E-state index contributed by atoms with van der Waals surface area (Å²) in [5.41, 5.74) is 5.82. The molecule has 116 valence electrons. The molecule has 7 heteroatoms. The molecule has 21 heavy (non-hydrogen) atoms. The molecule has 2 saturated heterocycles. The number of hydrogen-bond acceptors (Lipinski definition) is 7. The van der Waals surface area contributed by atoms with E-state index in [1.807, 2.05) is 0 Å². The Balaban J connectivity index is 1.65. The van der Waals surface area contributed by atoms with Crippen LogP contribution in [-0.2, 0) is 4.74 Å². The van der Waals surface area contributed by atoms with Crippen molar-refractivity contribution >= 4 is 17.8 Å². The van der Waals surface area contributed by atoms with Gasteiger partial charge >= 0.3 is 0 Å². The Bertz CT molecular complexity index is 477. The van der Waals surface area contributed by atoms with Crippen LogP contribution in [0.4, 0.5) is 17.8 Å². The number of hydrogen-bond donors (Lipinski definition) is 2. The maximum Gasteiger partial charge on any atom is 0.231 e. The summed E-state index contributed by atoms with van der Waals surface area (Å²) in [6.45, 7) is 5.75. The highest BCUT2D eigenvalue weighted by molar-refractivity contribution is 5.42. The minimum Gasteiger partial charge on any atom is -0.378 e. The zero-order valence-corrected chi connectivity index (χ0v) is 12.6. The van der Waals surface area contributed by atoms with E-state index in [4.69, 9.17) is 10.5 Å². The molecule has 0 aromatic carbocycles. The molecule has 3 rings (SSSR count). The topological polar surface area (TPSA) is 89.2 Å². The van der Waals surface area contributed by atoms with E-state index in [-0.39, 0.29) is 5.95 Å². The molecule has 1 aromatic heterocycles. The first kappa shape index (κ1) is 14.3. The molecule has 1 aromatic rings. The van der Waals surface area contributed by atoms with Crippen molar-refractivity contribution in [2.75, 3.05) is 42.2 Å². The highest BCUT2D eigenvalue weighted by atomic mass is 16.5. The number of aromatic nitrogens is 3. The molecule has 0 spiro atoms. The highest BCUT2D eigenvalue weighted by Gasteiger charge is 2.24. The third kappa shape index (κ3) is 3.53. The minimum atomic E-state index is 0.281. The molecule has 0 saturated carbocycles. The lowest BCUT2D eigenvalue weighted by Crippen LogP contribution is -2.31. The molecule has 2 aliphatic rings. The minimum absolute atomic E-state index is 0.281. The van der Waals surface area contributed by atoms with Gasteiger partial charge in [-0.2, -0.15) is 15.0 Å². The second-order valence-electron chi connectivity index (χ2n) is 5.87. The van der Waals surface area contributed by atoms with Gasteiger partial charge in [0.25, 0.3) is 0 Å². The van der Waals surface area contributed by atoms with Crippen LogP contribution in [0.15, 0.2) is 0 Å². The highest BCUT2D eigenvalue weighted by Crippen LogP contribution is 2.21. The van der Waals surface area contributed by atoms with Crippen LogP contribution in [0.25, 0.3) is 0 Å². The van der Waals surface area contributed by atoms with Gasteiger partial charge in [0.15, 0.2) is 0 Å². The number of rotatable bonds is 4. The van der Waals surface area contributed by atoms with Gasteiger partial charge in [0, 0.05) is 32.2 Å². The van der Waals surface area contributed by atoms with Gasteiger partial charge in [-0.05, 0) is 32.6 Å². The van der Waals surface area contributed by atoms with Crippen LogP contribution in [0.5, 0.6) is 0 Å². The fourth-order valence-corrected chi connectivity index (χ4v) is 2.96. The second kappa shape index (κ2) is 6.43. The Morgan fingerprint density at radius 1 is 1.24 bits per heavy atom. The molecule has 2 aliphatic heterocycles. The molecule has 0 radical (unpaired) electrons. The molecular formula is C14H24N6O. The lowest BCUT2D eigenvalue weighted by atomic mass is 10.0. The first-order valence-electron chi connectivity index (χ1n) is 7.84. The van der Waals surface area contributed by atoms with Crippen LogP contribution in [0.2, 0.25) is 0 Å². The van der Waals surface area contributed by atoms with Gasteiger partial charge in [-0.1, -0.05) is 0 Å². The number of anilines is 3. The van der Waals surface area contributed by atoms with Crippen LogP contribution >= 0.6 is 0 Å². The van der Waals surface area contributed by atoms with E-state index in [0.717, 1.165) is 32.7 Å². The maximum absolute atomic E-state index is 5.82. The van der Waals surface area contributed by atoms with E-state index in [1.165, 1.54) is 19.3 Å². The van der Waals surface area contributed by atoms with Gasteiger partial charge in [-0.25, -0.2) is 0 Å². The van der Waals surface area contributed by atoms with Gasteiger partial charge in [0.2, 0.25) is 17.8 Å². The summed E-state index contributed by atoms with van der Waals surface area (Å²) >= 11 is 0. The Hall–Kier alpha value is -1.63. The summed E-state index contributed by atoms with van der Waals surface area (Å²) in [5.74, 6) is 2.05. The van der Waals surface area contributed by atoms with Crippen molar-refractivity contribution < 1.29 is 4.74 Å².